The molecule has 0 amide bonds. The highest BCUT2D eigenvalue weighted by Crippen LogP contribution is 2.46. The van der Waals surface area contributed by atoms with Crippen molar-refractivity contribution in [2.24, 2.45) is 0 Å². The largest absolute Gasteiger partial charge is 0.497 e. The Morgan fingerprint density at radius 1 is 0.530 bits per heavy atom. The van der Waals surface area contributed by atoms with Crippen LogP contribution >= 0.6 is 0 Å². The van der Waals surface area contributed by atoms with Crippen molar-refractivity contribution in [3.05, 3.63) is 126 Å². The Labute approximate surface area is 407 Å². The Morgan fingerprint density at radius 3 is 1.53 bits per heavy atom. The molecule has 4 heterocycles. The van der Waals surface area contributed by atoms with Gasteiger partial charge in [-0.15, -0.1) is 0 Å². The van der Waals surface area contributed by atoms with Crippen molar-refractivity contribution in [1.82, 2.24) is 0 Å². The topological polar surface area (TPSA) is 120 Å². The summed E-state index contributed by atoms with van der Waals surface area (Å²) < 4.78 is 209. The normalized spacial score (nSPS) is 34.8. The second-order valence-corrected chi connectivity index (χ2v) is 17.2. The molecule has 0 aromatic heterocycles. The number of ether oxygens (including phenoxy) is 13. The number of fused-ring (bicyclic) bond motifs is 2. The van der Waals surface area contributed by atoms with E-state index in [9.17, 15) is 5.48 Å². The van der Waals surface area contributed by atoms with Crippen LogP contribution in [-0.4, -0.2) is 100 Å². The Bertz CT molecular complexity index is 2800. The Hall–Kier alpha value is -4.12. The first-order chi connectivity index (χ1) is 38.1. The molecule has 4 aromatic carbocycles. The molecule has 13 nitrogen and oxygen atoms in total. The van der Waals surface area contributed by atoms with E-state index >= 15 is 0 Å². The molecule has 4 saturated heterocycles. The van der Waals surface area contributed by atoms with Crippen LogP contribution in [0, 0.1) is 0 Å². The molecule has 354 valence electrons. The second kappa shape index (κ2) is 21.0. The van der Waals surface area contributed by atoms with Gasteiger partial charge in [0.1, 0.15) is 66.1 Å². The van der Waals surface area contributed by atoms with Gasteiger partial charge in [-0.1, -0.05) is 85.4 Å². The van der Waals surface area contributed by atoms with Crippen LogP contribution in [0.1, 0.15) is 100 Å². The minimum absolute atomic E-state index is 0.0932. The van der Waals surface area contributed by atoms with Crippen LogP contribution in [0.25, 0.3) is 0 Å². The summed E-state index contributed by atoms with van der Waals surface area (Å²) in [6.07, 6.45) is -8.08. The second-order valence-electron chi connectivity index (χ2n) is 17.2. The highest BCUT2D eigenvalue weighted by atomic mass is 16.8. The van der Waals surface area contributed by atoms with Gasteiger partial charge >= 0.3 is 0 Å². The maximum Gasteiger partial charge on any atom is 0.229 e. The summed E-state index contributed by atoms with van der Waals surface area (Å²) in [6.45, 7) is -6.86. The molecule has 6 fully saturated rings. The van der Waals surface area contributed by atoms with Crippen molar-refractivity contribution in [2.45, 2.75) is 157 Å². The van der Waals surface area contributed by atoms with Crippen molar-refractivity contribution in [1.29, 1.82) is 0 Å². The third-order valence-corrected chi connectivity index (χ3v) is 12.9. The molecular weight excluding hydrogens is 845 g/mol. The van der Waals surface area contributed by atoms with Crippen LogP contribution < -0.4 is 14.2 Å². The van der Waals surface area contributed by atoms with E-state index in [1.54, 1.807) is 48.5 Å². The minimum Gasteiger partial charge on any atom is -0.497 e. The predicted octanol–water partition coefficient (Wildman–Crippen LogP) is 8.83. The standard InChI is InChI=1S/C53H64O13/c1-54-39-21-19-38(20-22-39)33-56-46-44-42(34-59-52(65-44)27-11-5-12-28-52)63-51(48(46)57-31-36-15-7-3-8-16-36)64-47-45-43(35-60-53(66-45)29-13-6-14-30-53)62-50(61-41-25-23-40(55-2)24-26-41)49(47)58-32-37-17-9-4-10-18-37/h3-4,7-10,15-26,42-51H,5-6,11-14,27-35H2,1-2H3/t42-,43-,44-,45-,46+,47+,48-,49+,50+,51-/m1/s1/i3D,4D,7D,8D,9D,10D,15D,16D,17D,18D,31D2,32D2. The summed E-state index contributed by atoms with van der Waals surface area (Å²) in [5.41, 5.74) is -1.05. The Kier molecular flexibility index (Phi) is 10.1. The van der Waals surface area contributed by atoms with E-state index in [-0.39, 0.29) is 25.6 Å². The molecule has 10 atom stereocenters. The number of hydrogen-bond donors (Lipinski definition) is 0. The SMILES string of the molecule is [2H]c1c([2H])c([2H])c(C([2H])([2H])O[C@@H]2[C@@H](Oc3ccc(OC)cc3)O[C@@H]3COC4(CCCCC4)O[C@H]3[C@@H]2O[C@H]2O[C@@H]3COC4(CCCCC4)O[C@H]3[C@H](OCc3ccc(OC)cc3)[C@H]2OC([2H])([2H])c2c([2H])c([2H])c([2H])c([2H])c2[2H])c([2H])c1[2H]. The lowest BCUT2D eigenvalue weighted by molar-refractivity contribution is -0.431. The van der Waals surface area contributed by atoms with Crippen molar-refractivity contribution < 1.29 is 80.8 Å². The summed E-state index contributed by atoms with van der Waals surface area (Å²) in [7, 11) is 3.00. The molecule has 2 spiro atoms. The maximum atomic E-state index is 9.60. The smallest absolute Gasteiger partial charge is 0.229 e. The summed E-state index contributed by atoms with van der Waals surface area (Å²) in [5.74, 6) is -1.11. The monoisotopic (exact) mass is 923 g/mol. The number of hydrogen-bond acceptors (Lipinski definition) is 13. The molecule has 0 radical (unpaired) electrons. The summed E-state index contributed by atoms with van der Waals surface area (Å²) in [5, 5.41) is 0. The molecule has 0 bridgehead atoms. The molecule has 13 heteroatoms. The Balaban J connectivity index is 1.14. The van der Waals surface area contributed by atoms with E-state index in [0.29, 0.717) is 42.7 Å². The van der Waals surface area contributed by atoms with Gasteiger partial charge in [0.25, 0.3) is 0 Å². The molecule has 66 heavy (non-hydrogen) atoms. The summed E-state index contributed by atoms with van der Waals surface area (Å²) in [4.78, 5) is 0. The molecule has 2 aliphatic carbocycles. The van der Waals surface area contributed by atoms with Gasteiger partial charge < -0.3 is 61.6 Å². The van der Waals surface area contributed by atoms with E-state index in [0.717, 1.165) is 38.5 Å². The average molecular weight is 923 g/mol. The van der Waals surface area contributed by atoms with Crippen molar-refractivity contribution in [3.63, 3.8) is 0 Å². The van der Waals surface area contributed by atoms with Gasteiger partial charge in [-0.25, -0.2) is 0 Å². The first-order valence-electron chi connectivity index (χ1n) is 29.7. The lowest BCUT2D eigenvalue weighted by atomic mass is 9.89. The zero-order chi connectivity index (χ0) is 57.1. The lowest BCUT2D eigenvalue weighted by Crippen LogP contribution is -2.70. The quantitative estimate of drug-likeness (QED) is 0.113. The third kappa shape index (κ3) is 10.5. The van der Waals surface area contributed by atoms with Gasteiger partial charge in [0, 0.05) is 25.7 Å². The van der Waals surface area contributed by atoms with Gasteiger partial charge in [-0.2, -0.15) is 0 Å². The fourth-order valence-corrected chi connectivity index (χ4v) is 9.56. The number of benzene rings is 4. The van der Waals surface area contributed by atoms with Crippen molar-refractivity contribution in [2.75, 3.05) is 27.4 Å². The fraction of sp³-hybridized carbons (Fsp3) is 0.547. The van der Waals surface area contributed by atoms with E-state index in [1.165, 1.54) is 14.2 Å². The average Bonchev–Trinajstić information content (AvgIpc) is 3.45. The Morgan fingerprint density at radius 2 is 1.00 bits per heavy atom. The van der Waals surface area contributed by atoms with Crippen LogP contribution in [0.4, 0.5) is 0 Å². The predicted molar refractivity (Wildman–Crippen MR) is 241 cm³/mol. The van der Waals surface area contributed by atoms with Gasteiger partial charge in [-0.3, -0.25) is 0 Å². The summed E-state index contributed by atoms with van der Waals surface area (Å²) >= 11 is 0. The number of methoxy groups -OCH3 is 2. The van der Waals surface area contributed by atoms with Crippen molar-refractivity contribution in [3.8, 4) is 17.2 Å². The van der Waals surface area contributed by atoms with E-state index < -0.39 is 158 Å². The molecule has 4 aliphatic heterocycles. The van der Waals surface area contributed by atoms with E-state index in [2.05, 4.69) is 0 Å². The zero-order valence-corrected chi connectivity index (χ0v) is 36.9. The van der Waals surface area contributed by atoms with E-state index in [4.69, 9.17) is 75.3 Å². The fourth-order valence-electron chi connectivity index (χ4n) is 9.56. The first kappa shape index (κ1) is 31.8. The maximum absolute atomic E-state index is 9.60. The van der Waals surface area contributed by atoms with Crippen molar-refractivity contribution >= 4 is 0 Å². The summed E-state index contributed by atoms with van der Waals surface area (Å²) in [6, 6.07) is 4.93. The minimum atomic E-state index is -3.26. The van der Waals surface area contributed by atoms with Crippen LogP contribution in [0.3, 0.4) is 0 Å². The van der Waals surface area contributed by atoms with Gasteiger partial charge in [0.05, 0.1) is 66.3 Å². The molecule has 0 unspecified atom stereocenters. The van der Waals surface area contributed by atoms with Crippen LogP contribution in [0.5, 0.6) is 17.2 Å². The van der Waals surface area contributed by atoms with Gasteiger partial charge in [0.2, 0.25) is 6.29 Å². The molecule has 0 N–H and O–H groups in total. The van der Waals surface area contributed by atoms with Crippen LogP contribution in [0.15, 0.2) is 109 Å². The highest BCUT2D eigenvalue weighted by Gasteiger charge is 2.60. The first-order valence-corrected chi connectivity index (χ1v) is 22.7. The number of rotatable bonds is 15. The molecule has 4 aromatic rings. The third-order valence-electron chi connectivity index (χ3n) is 12.9. The van der Waals surface area contributed by atoms with E-state index in [1.807, 2.05) is 0 Å². The van der Waals surface area contributed by atoms with Crippen LogP contribution in [0.2, 0.25) is 0 Å². The van der Waals surface area contributed by atoms with Crippen LogP contribution in [-0.2, 0) is 67.1 Å². The van der Waals surface area contributed by atoms with Gasteiger partial charge in [0.15, 0.2) is 17.9 Å². The molecule has 2 saturated carbocycles. The van der Waals surface area contributed by atoms with Gasteiger partial charge in [-0.05, 0) is 78.8 Å². The lowest BCUT2D eigenvalue weighted by Gasteiger charge is -2.56. The highest BCUT2D eigenvalue weighted by molar-refractivity contribution is 5.31. The molecule has 10 rings (SSSR count). The molecular formula is C53H64O13. The molecule has 6 aliphatic rings. The zero-order valence-electron chi connectivity index (χ0n) is 50.9.